The molecule has 0 aliphatic rings. The zero-order chi connectivity index (χ0) is 23.7. The zero-order valence-corrected chi connectivity index (χ0v) is 19.1. The fourth-order valence-electron chi connectivity index (χ4n) is 3.93. The number of aryl methyl sites for hydroxylation is 4. The molecule has 168 valence electrons. The van der Waals surface area contributed by atoms with Gasteiger partial charge in [0.2, 0.25) is 0 Å². The van der Waals surface area contributed by atoms with Crippen LogP contribution in [0.4, 0.5) is 17.1 Å². The maximum Gasteiger partial charge on any atom is 0.139 e. The zero-order valence-electron chi connectivity index (χ0n) is 19.1. The van der Waals surface area contributed by atoms with Gasteiger partial charge >= 0.3 is 0 Å². The van der Waals surface area contributed by atoms with Gasteiger partial charge in [-0.05, 0) is 98.5 Å². The lowest BCUT2D eigenvalue weighted by Gasteiger charge is -2.27. The van der Waals surface area contributed by atoms with Crippen LogP contribution in [0.5, 0.6) is 28.7 Å². The topological polar surface area (TPSA) is 73.2 Å². The van der Waals surface area contributed by atoms with Gasteiger partial charge in [0.1, 0.15) is 28.7 Å². The first kappa shape index (κ1) is 22.1. The molecule has 0 atom stereocenters. The minimum atomic E-state index is 0.0954. The Morgan fingerprint density at radius 1 is 0.636 bits per heavy atom. The number of rotatable bonds is 5. The summed E-state index contributed by atoms with van der Waals surface area (Å²) < 4.78 is 6.20. The van der Waals surface area contributed by atoms with Crippen molar-refractivity contribution < 1.29 is 20.1 Å². The number of anilines is 3. The molecule has 0 unspecified atom stereocenters. The molecule has 5 heteroatoms. The quantitative estimate of drug-likeness (QED) is 0.303. The van der Waals surface area contributed by atoms with Gasteiger partial charge < -0.3 is 25.0 Å². The average molecular weight is 442 g/mol. The second kappa shape index (κ2) is 8.79. The van der Waals surface area contributed by atoms with Crippen LogP contribution in [0.1, 0.15) is 22.3 Å². The summed E-state index contributed by atoms with van der Waals surface area (Å²) in [6, 6.07) is 21.5. The van der Waals surface area contributed by atoms with Gasteiger partial charge in [-0.3, -0.25) is 0 Å². The van der Waals surface area contributed by atoms with Crippen molar-refractivity contribution in [3.8, 4) is 28.7 Å². The molecular weight excluding hydrogens is 414 g/mol. The second-order valence-electron chi connectivity index (χ2n) is 8.33. The summed E-state index contributed by atoms with van der Waals surface area (Å²) in [5, 5.41) is 31.3. The second-order valence-corrected chi connectivity index (χ2v) is 8.33. The van der Waals surface area contributed by atoms with Crippen molar-refractivity contribution in [1.29, 1.82) is 0 Å². The first-order chi connectivity index (χ1) is 15.7. The van der Waals surface area contributed by atoms with Crippen LogP contribution >= 0.6 is 0 Å². The van der Waals surface area contributed by atoms with E-state index in [1.54, 1.807) is 24.3 Å². The summed E-state index contributed by atoms with van der Waals surface area (Å²) in [6.45, 7) is 7.67. The molecule has 0 aromatic heterocycles. The van der Waals surface area contributed by atoms with Crippen LogP contribution in [0.2, 0.25) is 0 Å². The molecule has 0 spiro atoms. The molecule has 0 saturated carbocycles. The van der Waals surface area contributed by atoms with E-state index >= 15 is 0 Å². The number of hydrogen-bond acceptors (Lipinski definition) is 5. The molecule has 5 nitrogen and oxygen atoms in total. The summed E-state index contributed by atoms with van der Waals surface area (Å²) >= 11 is 0. The smallest absolute Gasteiger partial charge is 0.139 e. The van der Waals surface area contributed by atoms with Gasteiger partial charge in [-0.25, -0.2) is 0 Å². The summed E-state index contributed by atoms with van der Waals surface area (Å²) in [7, 11) is 0. The van der Waals surface area contributed by atoms with Gasteiger partial charge in [-0.2, -0.15) is 0 Å². The van der Waals surface area contributed by atoms with Gasteiger partial charge in [0.25, 0.3) is 0 Å². The van der Waals surface area contributed by atoms with E-state index in [-0.39, 0.29) is 17.2 Å². The summed E-state index contributed by atoms with van der Waals surface area (Å²) in [4.78, 5) is 1.81. The van der Waals surface area contributed by atoms with E-state index in [1.807, 2.05) is 81.1 Å². The van der Waals surface area contributed by atoms with Crippen LogP contribution in [0, 0.1) is 27.7 Å². The minimum absolute atomic E-state index is 0.0954. The minimum Gasteiger partial charge on any atom is -0.508 e. The van der Waals surface area contributed by atoms with E-state index in [1.165, 1.54) is 0 Å². The molecule has 4 aromatic carbocycles. The SMILES string of the molecule is Cc1ccc(O)c(N(c2cccc(Oc3c(C)cc(O)cc3C)c2)c2cc(C)ccc2O)c1. The molecule has 0 heterocycles. The van der Waals surface area contributed by atoms with Crippen molar-refractivity contribution in [1.82, 2.24) is 0 Å². The molecule has 0 saturated heterocycles. The van der Waals surface area contributed by atoms with Gasteiger partial charge in [0.15, 0.2) is 0 Å². The van der Waals surface area contributed by atoms with Crippen molar-refractivity contribution in [3.05, 3.63) is 95.1 Å². The van der Waals surface area contributed by atoms with Crippen LogP contribution in [0.25, 0.3) is 0 Å². The molecule has 4 rings (SSSR count). The predicted molar refractivity (Wildman–Crippen MR) is 132 cm³/mol. The molecular formula is C28H27NO4. The molecule has 0 fully saturated rings. The normalized spacial score (nSPS) is 10.8. The van der Waals surface area contributed by atoms with Crippen LogP contribution in [0.3, 0.4) is 0 Å². The number of hydrogen-bond donors (Lipinski definition) is 3. The predicted octanol–water partition coefficient (Wildman–Crippen LogP) is 7.30. The Hall–Kier alpha value is -4.12. The van der Waals surface area contributed by atoms with Crippen molar-refractivity contribution in [3.63, 3.8) is 0 Å². The third-order valence-corrected chi connectivity index (χ3v) is 5.48. The van der Waals surface area contributed by atoms with Crippen molar-refractivity contribution in [2.75, 3.05) is 4.90 Å². The van der Waals surface area contributed by atoms with E-state index < -0.39 is 0 Å². The van der Waals surface area contributed by atoms with Crippen LogP contribution in [-0.4, -0.2) is 15.3 Å². The Morgan fingerprint density at radius 2 is 1.18 bits per heavy atom. The van der Waals surface area contributed by atoms with E-state index in [2.05, 4.69) is 0 Å². The Balaban J connectivity index is 1.85. The van der Waals surface area contributed by atoms with Crippen LogP contribution in [0.15, 0.2) is 72.8 Å². The Labute approximate surface area is 193 Å². The Kier molecular flexibility index (Phi) is 5.88. The number of nitrogens with zero attached hydrogens (tertiary/aromatic N) is 1. The van der Waals surface area contributed by atoms with Gasteiger partial charge in [-0.15, -0.1) is 0 Å². The van der Waals surface area contributed by atoms with Gasteiger partial charge in [0, 0.05) is 6.07 Å². The highest BCUT2D eigenvalue weighted by Crippen LogP contribution is 2.45. The number of phenols is 3. The van der Waals surface area contributed by atoms with Crippen molar-refractivity contribution in [2.24, 2.45) is 0 Å². The highest BCUT2D eigenvalue weighted by molar-refractivity contribution is 5.83. The van der Waals surface area contributed by atoms with E-state index in [0.717, 1.165) is 22.3 Å². The van der Waals surface area contributed by atoms with E-state index in [4.69, 9.17) is 4.74 Å². The Bertz CT molecular complexity index is 1260. The summed E-state index contributed by atoms with van der Waals surface area (Å²) in [5.41, 5.74) is 5.40. The first-order valence-corrected chi connectivity index (χ1v) is 10.7. The monoisotopic (exact) mass is 441 g/mol. The molecule has 4 aromatic rings. The van der Waals surface area contributed by atoms with Crippen LogP contribution in [-0.2, 0) is 0 Å². The maximum atomic E-state index is 10.7. The molecule has 0 amide bonds. The van der Waals surface area contributed by atoms with Crippen molar-refractivity contribution >= 4 is 17.1 Å². The fraction of sp³-hybridized carbons (Fsp3) is 0.143. The molecule has 0 bridgehead atoms. The highest BCUT2D eigenvalue weighted by atomic mass is 16.5. The number of benzene rings is 4. The van der Waals surface area contributed by atoms with Gasteiger partial charge in [0.05, 0.1) is 17.1 Å². The summed E-state index contributed by atoms with van der Waals surface area (Å²) in [6.07, 6.45) is 0. The third-order valence-electron chi connectivity index (χ3n) is 5.48. The average Bonchev–Trinajstić information content (AvgIpc) is 2.76. The van der Waals surface area contributed by atoms with E-state index in [0.29, 0.717) is 28.6 Å². The standard InChI is InChI=1S/C28H27NO4/c1-17-8-10-26(31)24(12-17)29(25-13-18(2)9-11-27(25)32)21-6-5-7-23(16-21)33-28-19(3)14-22(30)15-20(28)4/h5-16,30-32H,1-4H3. The lowest BCUT2D eigenvalue weighted by molar-refractivity contribution is 0.458. The molecule has 0 radical (unpaired) electrons. The first-order valence-electron chi connectivity index (χ1n) is 10.7. The summed E-state index contributed by atoms with van der Waals surface area (Å²) in [5.74, 6) is 1.65. The molecule has 3 N–H and O–H groups in total. The lowest BCUT2D eigenvalue weighted by atomic mass is 10.1. The number of ether oxygens (including phenoxy) is 1. The van der Waals surface area contributed by atoms with Gasteiger partial charge in [-0.1, -0.05) is 18.2 Å². The molecule has 0 aliphatic carbocycles. The molecule has 0 aliphatic heterocycles. The van der Waals surface area contributed by atoms with Crippen LogP contribution < -0.4 is 9.64 Å². The third kappa shape index (κ3) is 4.58. The lowest BCUT2D eigenvalue weighted by Crippen LogP contribution is -2.11. The fourth-order valence-corrected chi connectivity index (χ4v) is 3.93. The van der Waals surface area contributed by atoms with E-state index in [9.17, 15) is 15.3 Å². The number of phenolic OH excluding ortho intramolecular Hbond substituents is 3. The largest absolute Gasteiger partial charge is 0.508 e. The highest BCUT2D eigenvalue weighted by Gasteiger charge is 2.20. The molecule has 33 heavy (non-hydrogen) atoms. The number of aromatic hydroxyl groups is 3. The maximum absolute atomic E-state index is 10.7. The van der Waals surface area contributed by atoms with Crippen molar-refractivity contribution in [2.45, 2.75) is 27.7 Å². The Morgan fingerprint density at radius 3 is 1.73 bits per heavy atom.